The molecule has 0 spiro atoms. The maximum Gasteiger partial charge on any atom is 0.131 e. The highest BCUT2D eigenvalue weighted by molar-refractivity contribution is 5.67. The van der Waals surface area contributed by atoms with Gasteiger partial charge in [-0.1, -0.05) is 18.2 Å². The van der Waals surface area contributed by atoms with Crippen LogP contribution in [0.25, 0.3) is 11.1 Å². The van der Waals surface area contributed by atoms with Crippen LogP contribution in [0.15, 0.2) is 36.5 Å². The van der Waals surface area contributed by atoms with Crippen LogP contribution in [0.3, 0.4) is 0 Å². The molecule has 0 amide bonds. The highest BCUT2D eigenvalue weighted by atomic mass is 19.1. The van der Waals surface area contributed by atoms with Gasteiger partial charge < -0.3 is 5.73 Å². The highest BCUT2D eigenvalue weighted by Gasteiger charge is 2.05. The Balaban J connectivity index is 2.55. The van der Waals surface area contributed by atoms with Crippen LogP contribution in [0.2, 0.25) is 0 Å². The molecule has 15 heavy (non-hydrogen) atoms. The summed E-state index contributed by atoms with van der Waals surface area (Å²) < 4.78 is 13.4. The van der Waals surface area contributed by atoms with E-state index in [0.717, 1.165) is 5.69 Å². The van der Waals surface area contributed by atoms with E-state index in [9.17, 15) is 4.39 Å². The maximum absolute atomic E-state index is 13.4. The summed E-state index contributed by atoms with van der Waals surface area (Å²) in [5.41, 5.74) is 8.29. The third-order valence-electron chi connectivity index (χ3n) is 2.31. The van der Waals surface area contributed by atoms with Crippen LogP contribution in [-0.4, -0.2) is 4.98 Å². The van der Waals surface area contributed by atoms with Crippen molar-refractivity contribution < 1.29 is 4.39 Å². The largest absolute Gasteiger partial charge is 0.397 e. The van der Waals surface area contributed by atoms with Crippen molar-refractivity contribution in [3.05, 3.63) is 48.0 Å². The van der Waals surface area contributed by atoms with Gasteiger partial charge in [0.1, 0.15) is 5.82 Å². The summed E-state index contributed by atoms with van der Waals surface area (Å²) in [5.74, 6) is -0.262. The van der Waals surface area contributed by atoms with Crippen LogP contribution in [0.1, 0.15) is 5.69 Å². The highest BCUT2D eigenvalue weighted by Crippen LogP contribution is 2.24. The summed E-state index contributed by atoms with van der Waals surface area (Å²) >= 11 is 0. The summed E-state index contributed by atoms with van der Waals surface area (Å²) in [5, 5.41) is 0. The Hall–Kier alpha value is -1.90. The molecule has 2 rings (SSSR count). The minimum Gasteiger partial charge on any atom is -0.397 e. The second kappa shape index (κ2) is 3.69. The van der Waals surface area contributed by atoms with Gasteiger partial charge in [-0.05, 0) is 19.1 Å². The summed E-state index contributed by atoms with van der Waals surface area (Å²) in [6.45, 7) is 1.82. The van der Waals surface area contributed by atoms with Gasteiger partial charge in [0.15, 0.2) is 0 Å². The SMILES string of the molecule is Cc1ncc(-c2ccccc2F)cc1N. The lowest BCUT2D eigenvalue weighted by atomic mass is 10.1. The first kappa shape index (κ1) is 9.65. The van der Waals surface area contributed by atoms with Gasteiger partial charge in [0.2, 0.25) is 0 Å². The quantitative estimate of drug-likeness (QED) is 0.772. The van der Waals surface area contributed by atoms with Crippen molar-refractivity contribution in [3.8, 4) is 11.1 Å². The number of aromatic nitrogens is 1. The first-order chi connectivity index (χ1) is 7.18. The fourth-order valence-corrected chi connectivity index (χ4v) is 1.39. The number of nitrogens with two attached hydrogens (primary N) is 1. The number of benzene rings is 1. The van der Waals surface area contributed by atoms with Crippen LogP contribution in [-0.2, 0) is 0 Å². The summed E-state index contributed by atoms with van der Waals surface area (Å²) in [4.78, 5) is 4.10. The molecule has 0 saturated carbocycles. The van der Waals surface area contributed by atoms with Gasteiger partial charge in [0, 0.05) is 17.3 Å². The smallest absolute Gasteiger partial charge is 0.131 e. The molecule has 0 fully saturated rings. The first-order valence-corrected chi connectivity index (χ1v) is 4.65. The molecule has 1 aromatic heterocycles. The predicted molar refractivity (Wildman–Crippen MR) is 58.8 cm³/mol. The number of hydrogen-bond donors (Lipinski definition) is 1. The Morgan fingerprint density at radius 2 is 2.00 bits per heavy atom. The van der Waals surface area contributed by atoms with E-state index in [4.69, 9.17) is 5.73 Å². The van der Waals surface area contributed by atoms with Crippen LogP contribution in [0.4, 0.5) is 10.1 Å². The lowest BCUT2D eigenvalue weighted by molar-refractivity contribution is 0.631. The molecular formula is C12H11FN2. The van der Waals surface area contributed by atoms with Gasteiger partial charge in [-0.25, -0.2) is 4.39 Å². The Kier molecular flexibility index (Phi) is 2.37. The Morgan fingerprint density at radius 1 is 1.27 bits per heavy atom. The second-order valence-corrected chi connectivity index (χ2v) is 3.38. The van der Waals surface area contributed by atoms with Crippen molar-refractivity contribution in [2.24, 2.45) is 0 Å². The van der Waals surface area contributed by atoms with Crippen molar-refractivity contribution in [3.63, 3.8) is 0 Å². The van der Waals surface area contributed by atoms with Gasteiger partial charge in [-0.3, -0.25) is 4.98 Å². The summed E-state index contributed by atoms with van der Waals surface area (Å²) in [6.07, 6.45) is 1.63. The van der Waals surface area contributed by atoms with E-state index in [1.54, 1.807) is 30.5 Å². The fraction of sp³-hybridized carbons (Fsp3) is 0.0833. The molecule has 0 aliphatic heterocycles. The van der Waals surface area contributed by atoms with E-state index < -0.39 is 0 Å². The van der Waals surface area contributed by atoms with Crippen LogP contribution in [0, 0.1) is 12.7 Å². The molecule has 1 aromatic carbocycles. The van der Waals surface area contributed by atoms with Crippen molar-refractivity contribution in [2.45, 2.75) is 6.92 Å². The van der Waals surface area contributed by atoms with E-state index in [-0.39, 0.29) is 5.82 Å². The lowest BCUT2D eigenvalue weighted by Crippen LogP contribution is -1.94. The molecular weight excluding hydrogens is 191 g/mol. The molecule has 0 aliphatic rings. The molecule has 0 bridgehead atoms. The number of anilines is 1. The number of hydrogen-bond acceptors (Lipinski definition) is 2. The Bertz CT molecular complexity index is 495. The van der Waals surface area contributed by atoms with E-state index in [1.807, 2.05) is 6.92 Å². The van der Waals surface area contributed by atoms with Crippen LogP contribution >= 0.6 is 0 Å². The van der Waals surface area contributed by atoms with Crippen molar-refractivity contribution in [1.29, 1.82) is 0 Å². The zero-order valence-electron chi connectivity index (χ0n) is 8.37. The average Bonchev–Trinajstić information content (AvgIpc) is 2.23. The minimum atomic E-state index is -0.262. The molecule has 0 saturated heterocycles. The Morgan fingerprint density at radius 3 is 2.67 bits per heavy atom. The number of nitrogens with zero attached hydrogens (tertiary/aromatic N) is 1. The average molecular weight is 202 g/mol. The van der Waals surface area contributed by atoms with Gasteiger partial charge in [-0.2, -0.15) is 0 Å². The first-order valence-electron chi connectivity index (χ1n) is 4.65. The molecule has 0 aliphatic carbocycles. The zero-order valence-corrected chi connectivity index (χ0v) is 8.37. The number of aryl methyl sites for hydroxylation is 1. The number of rotatable bonds is 1. The van der Waals surface area contributed by atoms with E-state index in [2.05, 4.69) is 4.98 Å². The normalized spacial score (nSPS) is 10.3. The van der Waals surface area contributed by atoms with Gasteiger partial charge >= 0.3 is 0 Å². The van der Waals surface area contributed by atoms with E-state index >= 15 is 0 Å². The molecule has 0 atom stereocenters. The number of pyridine rings is 1. The van der Waals surface area contributed by atoms with Gasteiger partial charge in [0.25, 0.3) is 0 Å². The van der Waals surface area contributed by atoms with Crippen LogP contribution < -0.4 is 5.73 Å². The van der Waals surface area contributed by atoms with Crippen molar-refractivity contribution in [2.75, 3.05) is 5.73 Å². The number of halogens is 1. The Labute approximate surface area is 87.6 Å². The molecule has 2 aromatic rings. The molecule has 2 nitrogen and oxygen atoms in total. The minimum absolute atomic E-state index is 0.262. The molecule has 0 radical (unpaired) electrons. The molecule has 1 heterocycles. The van der Waals surface area contributed by atoms with Gasteiger partial charge in [-0.15, -0.1) is 0 Å². The van der Waals surface area contributed by atoms with E-state index in [0.29, 0.717) is 16.8 Å². The molecule has 76 valence electrons. The summed E-state index contributed by atoms with van der Waals surface area (Å²) in [6, 6.07) is 8.31. The van der Waals surface area contributed by atoms with Crippen molar-refractivity contribution >= 4 is 5.69 Å². The fourth-order valence-electron chi connectivity index (χ4n) is 1.39. The molecule has 2 N–H and O–H groups in total. The van der Waals surface area contributed by atoms with Crippen molar-refractivity contribution in [1.82, 2.24) is 4.98 Å². The van der Waals surface area contributed by atoms with E-state index in [1.165, 1.54) is 6.07 Å². The third kappa shape index (κ3) is 1.81. The third-order valence-corrected chi connectivity index (χ3v) is 2.31. The predicted octanol–water partition coefficient (Wildman–Crippen LogP) is 2.78. The van der Waals surface area contributed by atoms with Gasteiger partial charge in [0.05, 0.1) is 11.4 Å². The molecule has 3 heteroatoms. The molecule has 0 unspecified atom stereocenters. The summed E-state index contributed by atoms with van der Waals surface area (Å²) in [7, 11) is 0. The monoisotopic (exact) mass is 202 g/mol. The number of nitrogen functional groups attached to an aromatic ring is 1. The maximum atomic E-state index is 13.4. The lowest BCUT2D eigenvalue weighted by Gasteiger charge is -2.05. The zero-order chi connectivity index (χ0) is 10.8. The van der Waals surface area contributed by atoms with Crippen LogP contribution in [0.5, 0.6) is 0 Å². The topological polar surface area (TPSA) is 38.9 Å². The second-order valence-electron chi connectivity index (χ2n) is 3.38. The standard InChI is InChI=1S/C12H11FN2/c1-8-12(14)6-9(7-15-8)10-4-2-3-5-11(10)13/h2-7H,14H2,1H3.